The molecule has 0 spiro atoms. The zero-order valence-corrected chi connectivity index (χ0v) is 48.4. The molecule has 77 heavy (non-hydrogen) atoms. The number of nitrogens with one attached hydrogen (secondary N) is 1. The summed E-state index contributed by atoms with van der Waals surface area (Å²) in [5, 5.41) is 3.56. The van der Waals surface area contributed by atoms with Gasteiger partial charge in [-0.1, -0.05) is 54.4 Å². The van der Waals surface area contributed by atoms with Crippen molar-refractivity contribution in [3.8, 4) is 0 Å². The summed E-state index contributed by atoms with van der Waals surface area (Å²) in [5.41, 5.74) is 0.656. The Labute approximate surface area is 455 Å². The van der Waals surface area contributed by atoms with E-state index in [2.05, 4.69) is 55.7 Å². The van der Waals surface area contributed by atoms with Crippen LogP contribution in [0.5, 0.6) is 0 Å². The molecule has 6 aliphatic rings. The van der Waals surface area contributed by atoms with Crippen LogP contribution in [0, 0.1) is 0 Å². The molecule has 0 aromatic carbocycles. The molecule has 6 atom stereocenters. The minimum absolute atomic E-state index is 0.0521. The lowest BCUT2D eigenvalue weighted by molar-refractivity contribution is -0.122. The highest BCUT2D eigenvalue weighted by Crippen LogP contribution is 2.45. The minimum Gasteiger partial charge on any atom is -0.444 e. The highest BCUT2D eigenvalue weighted by atomic mass is 19.3. The van der Waals surface area contributed by atoms with Crippen molar-refractivity contribution >= 4 is 29.3 Å². The summed E-state index contributed by atoms with van der Waals surface area (Å²) in [6.45, 7) is 35.1. The number of morpholine rings is 2. The summed E-state index contributed by atoms with van der Waals surface area (Å²) in [5.74, 6) is -6.17. The smallest absolute Gasteiger partial charge is 0.410 e. The van der Waals surface area contributed by atoms with Gasteiger partial charge in [-0.05, 0) is 60.6 Å². The van der Waals surface area contributed by atoms with Crippen LogP contribution in [0.3, 0.4) is 0 Å². The average molecular weight is 1090 g/mol. The normalized spacial score (nSPS) is 26.5. The topological polar surface area (TPSA) is 139 Å². The van der Waals surface area contributed by atoms with Gasteiger partial charge in [-0.25, -0.2) is 22.4 Å². The van der Waals surface area contributed by atoms with E-state index in [1.165, 1.54) is 24.5 Å². The Morgan fingerprint density at radius 1 is 0.675 bits per heavy atom. The predicted molar refractivity (Wildman–Crippen MR) is 291 cm³/mol. The van der Waals surface area contributed by atoms with Gasteiger partial charge in [0.05, 0.1) is 62.3 Å². The molecule has 2 aromatic heterocycles. The maximum Gasteiger partial charge on any atom is 0.410 e. The van der Waals surface area contributed by atoms with E-state index in [0.717, 1.165) is 45.9 Å². The van der Waals surface area contributed by atoms with Crippen molar-refractivity contribution in [1.82, 2.24) is 39.8 Å². The molecule has 8 rings (SSSR count). The van der Waals surface area contributed by atoms with E-state index in [9.17, 15) is 31.9 Å². The molecule has 432 valence electrons. The lowest BCUT2D eigenvalue weighted by Crippen LogP contribution is -2.64. The number of hydrogen-bond donors (Lipinski definition) is 1. The number of aromatic nitrogens is 2. The van der Waals surface area contributed by atoms with Crippen LogP contribution in [0.15, 0.2) is 24.5 Å². The highest BCUT2D eigenvalue weighted by Gasteiger charge is 2.46. The Kier molecular flexibility index (Phi) is 19.2. The monoisotopic (exact) mass is 1090 g/mol. The van der Waals surface area contributed by atoms with Crippen molar-refractivity contribution in [1.29, 1.82) is 0 Å². The Hall–Kier alpha value is -4.05. The quantitative estimate of drug-likeness (QED) is 0.186. The van der Waals surface area contributed by atoms with E-state index < -0.39 is 22.9 Å². The van der Waals surface area contributed by atoms with Gasteiger partial charge >= 0.3 is 6.09 Å². The van der Waals surface area contributed by atoms with E-state index in [-0.39, 0.29) is 90.6 Å². The molecule has 0 radical (unpaired) electrons. The number of carbonyl (C=O) groups excluding carboxylic acids is 3. The first-order valence-corrected chi connectivity index (χ1v) is 28.3. The molecule has 4 fully saturated rings. The number of fused-ring (bicyclic) bond motifs is 2. The maximum absolute atomic E-state index is 14.9. The third-order valence-electron chi connectivity index (χ3n) is 16.2. The predicted octanol–water partition coefficient (Wildman–Crippen LogP) is 7.61. The van der Waals surface area contributed by atoms with Gasteiger partial charge in [-0.15, -0.1) is 0 Å². The van der Waals surface area contributed by atoms with Gasteiger partial charge in [0.25, 0.3) is 11.8 Å². The number of amides is 3. The minimum atomic E-state index is -3.01. The van der Waals surface area contributed by atoms with Crippen LogP contribution in [-0.4, -0.2) is 199 Å². The van der Waals surface area contributed by atoms with Crippen molar-refractivity contribution < 1.29 is 46.2 Å². The number of halogens is 4. The van der Waals surface area contributed by atoms with Crippen molar-refractivity contribution in [3.05, 3.63) is 47.0 Å². The fraction of sp³-hybridized carbons (Fsp3) is 0.772. The molecule has 1 N–H and O–H groups in total. The SMILES string of the molecule is CCCC(F)(F)c1cnc2c(c1)N(C(=O)CN1C[C@@H](C)N(C(=O)OC(C)(C)C)CC1CN1CCOC[C@H]1C)CC2(C)C.CCCC(F)(F)c1cnc2c(c1)N(C(=O)CN1C[C@@H](C)NCC1CN1CCOC[C@H]1C)CC2(C)C. The van der Waals surface area contributed by atoms with Crippen molar-refractivity contribution in [2.45, 2.75) is 180 Å². The molecule has 8 heterocycles. The van der Waals surface area contributed by atoms with E-state index >= 15 is 0 Å². The number of pyridine rings is 2. The average Bonchev–Trinajstić information content (AvgIpc) is 3.82. The largest absolute Gasteiger partial charge is 0.444 e. The number of nitrogens with zero attached hydrogens (tertiary/aromatic N) is 9. The molecule has 0 aliphatic carbocycles. The van der Waals surface area contributed by atoms with Gasteiger partial charge in [-0.3, -0.25) is 39.2 Å². The summed E-state index contributed by atoms with van der Waals surface area (Å²) >= 11 is 0. The second-order valence-corrected chi connectivity index (χ2v) is 25.1. The first-order chi connectivity index (χ1) is 36.0. The molecular formula is C57H90F4N10O6. The molecule has 0 bridgehead atoms. The van der Waals surface area contributed by atoms with Gasteiger partial charge in [0.1, 0.15) is 5.60 Å². The van der Waals surface area contributed by atoms with Crippen LogP contribution in [0.25, 0.3) is 0 Å². The van der Waals surface area contributed by atoms with Crippen molar-refractivity contribution in [2.24, 2.45) is 0 Å². The lowest BCUT2D eigenvalue weighted by Gasteiger charge is -2.47. The Morgan fingerprint density at radius 2 is 1.13 bits per heavy atom. The second-order valence-electron chi connectivity index (χ2n) is 25.1. The fourth-order valence-corrected chi connectivity index (χ4v) is 11.8. The van der Waals surface area contributed by atoms with E-state index in [1.807, 2.05) is 55.4 Å². The molecular weight excluding hydrogens is 997 g/mol. The molecule has 3 amide bonds. The zero-order valence-electron chi connectivity index (χ0n) is 48.4. The third kappa shape index (κ3) is 14.5. The Balaban J connectivity index is 0.000000227. The molecule has 4 saturated heterocycles. The summed E-state index contributed by atoms with van der Waals surface area (Å²) in [6.07, 6.45) is 2.42. The van der Waals surface area contributed by atoms with Gasteiger partial charge in [-0.2, -0.15) is 0 Å². The Bertz CT molecular complexity index is 2370. The van der Waals surface area contributed by atoms with Gasteiger partial charge in [0.2, 0.25) is 11.8 Å². The van der Waals surface area contributed by atoms with Crippen molar-refractivity contribution in [3.63, 3.8) is 0 Å². The molecule has 0 saturated carbocycles. The van der Waals surface area contributed by atoms with Crippen LogP contribution in [-0.2, 0) is 46.5 Å². The number of alkyl halides is 4. The number of anilines is 2. The molecule has 6 aliphatic heterocycles. The summed E-state index contributed by atoms with van der Waals surface area (Å²) in [6, 6.07) is 3.71. The van der Waals surface area contributed by atoms with Crippen LogP contribution in [0.2, 0.25) is 0 Å². The van der Waals surface area contributed by atoms with Gasteiger partial charge < -0.3 is 34.2 Å². The first-order valence-electron chi connectivity index (χ1n) is 28.3. The Morgan fingerprint density at radius 3 is 1.57 bits per heavy atom. The third-order valence-corrected chi connectivity index (χ3v) is 16.2. The van der Waals surface area contributed by atoms with Gasteiger partial charge in [0.15, 0.2) is 0 Å². The van der Waals surface area contributed by atoms with Crippen LogP contribution in [0.1, 0.15) is 138 Å². The van der Waals surface area contributed by atoms with Crippen LogP contribution < -0.4 is 15.1 Å². The molecule has 2 unspecified atom stereocenters. The van der Waals surface area contributed by atoms with Crippen molar-refractivity contribution in [2.75, 3.05) is 115 Å². The number of piperazine rings is 2. The van der Waals surface area contributed by atoms with E-state index in [0.29, 0.717) is 87.6 Å². The van der Waals surface area contributed by atoms with E-state index in [1.54, 1.807) is 28.5 Å². The number of hydrogen-bond acceptors (Lipinski definition) is 13. The number of ether oxygens (including phenoxy) is 3. The fourth-order valence-electron chi connectivity index (χ4n) is 11.8. The highest BCUT2D eigenvalue weighted by molar-refractivity contribution is 5.98. The summed E-state index contributed by atoms with van der Waals surface area (Å²) < 4.78 is 76.1. The summed E-state index contributed by atoms with van der Waals surface area (Å²) in [7, 11) is 0. The molecule has 16 nitrogen and oxygen atoms in total. The van der Waals surface area contributed by atoms with Crippen LogP contribution in [0.4, 0.5) is 33.7 Å². The van der Waals surface area contributed by atoms with E-state index in [4.69, 9.17) is 14.2 Å². The standard InChI is InChI=1S/C31H49F2N5O4.C26H41F2N5O2/c1-9-10-31(32,33)23-13-25-27(34-14-23)30(7,8)20-38(25)26(39)18-36-15-21(2)37(28(40)42-29(4,5)6)17-24(36)16-35-11-12-41-19-22(35)3;1-6-7-26(27,28)20-10-22-24(30-11-20)25(4,5)17-33(22)23(34)15-32-13-18(2)29-12-21(32)14-31-8-9-35-16-19(31)3/h13-14,21-22,24H,9-12,15-20H2,1-8H3;10-11,18-19,21,29H,6-9,12-17H2,1-5H3/t21-,22-,24?;18-,19-,21?/m11/s1. The second kappa shape index (κ2) is 24.4. The molecule has 2 aromatic rings. The number of rotatable bonds is 14. The summed E-state index contributed by atoms with van der Waals surface area (Å²) in [4.78, 5) is 64.0. The zero-order chi connectivity index (χ0) is 56.4. The number of carbonyl (C=O) groups is 3. The van der Waals surface area contributed by atoms with Crippen LogP contribution >= 0.6 is 0 Å². The lowest BCUT2D eigenvalue weighted by atomic mass is 9.91. The molecule has 20 heteroatoms. The first kappa shape index (κ1) is 60.6. The van der Waals surface area contributed by atoms with Gasteiger partial charge in [0, 0.05) is 149 Å². The maximum atomic E-state index is 14.9.